The standard InChI is InChI=1S/C28H27N3O5S/c1-2-14-34-22-11-9-21(10-12-22)29-27(33)25-16-26(32)31(28(37-25)30-20-6-4-3-5-7-20)17-19-8-13-23-24(15-19)36-18-35-23/h3-13,15,25H,2,14,16-18H2,1H3,(H,29,33). The van der Waals surface area contributed by atoms with Crippen molar-refractivity contribution in [1.82, 2.24) is 4.90 Å². The quantitative estimate of drug-likeness (QED) is 0.432. The predicted octanol–water partition coefficient (Wildman–Crippen LogP) is 5.36. The summed E-state index contributed by atoms with van der Waals surface area (Å²) < 4.78 is 16.5. The first-order valence-corrected chi connectivity index (χ1v) is 13.0. The third-order valence-corrected chi connectivity index (χ3v) is 6.97. The van der Waals surface area contributed by atoms with Crippen LogP contribution in [-0.4, -0.2) is 40.5 Å². The predicted molar refractivity (Wildman–Crippen MR) is 144 cm³/mol. The molecule has 3 aromatic rings. The van der Waals surface area contributed by atoms with Gasteiger partial charge < -0.3 is 19.5 Å². The van der Waals surface area contributed by atoms with Gasteiger partial charge in [0.05, 0.1) is 18.8 Å². The molecule has 37 heavy (non-hydrogen) atoms. The summed E-state index contributed by atoms with van der Waals surface area (Å²) in [6.45, 7) is 3.17. The van der Waals surface area contributed by atoms with Crippen LogP contribution in [0.3, 0.4) is 0 Å². The van der Waals surface area contributed by atoms with Crippen LogP contribution in [0.1, 0.15) is 25.3 Å². The molecule has 3 aromatic carbocycles. The van der Waals surface area contributed by atoms with Crippen LogP contribution in [0.25, 0.3) is 0 Å². The Hall–Kier alpha value is -3.98. The van der Waals surface area contributed by atoms with E-state index >= 15 is 0 Å². The molecule has 1 fully saturated rings. The molecule has 190 valence electrons. The fraction of sp³-hybridized carbons (Fsp3) is 0.250. The molecule has 8 nitrogen and oxygen atoms in total. The average molecular weight is 518 g/mol. The highest BCUT2D eigenvalue weighted by Gasteiger charge is 2.36. The molecule has 2 aliphatic heterocycles. The molecule has 0 saturated carbocycles. The van der Waals surface area contributed by atoms with Crippen LogP contribution in [0.5, 0.6) is 17.2 Å². The number of fused-ring (bicyclic) bond motifs is 1. The number of anilines is 1. The number of amidine groups is 1. The smallest absolute Gasteiger partial charge is 0.238 e. The van der Waals surface area contributed by atoms with E-state index in [-0.39, 0.29) is 25.0 Å². The maximum atomic E-state index is 13.3. The van der Waals surface area contributed by atoms with E-state index in [2.05, 4.69) is 5.32 Å². The molecule has 0 radical (unpaired) electrons. The number of nitrogens with zero attached hydrogens (tertiary/aromatic N) is 2. The molecule has 1 atom stereocenters. The maximum Gasteiger partial charge on any atom is 0.238 e. The van der Waals surface area contributed by atoms with Crippen molar-refractivity contribution in [1.29, 1.82) is 0 Å². The Balaban J connectivity index is 1.33. The minimum Gasteiger partial charge on any atom is -0.494 e. The number of nitrogens with one attached hydrogen (secondary N) is 1. The van der Waals surface area contributed by atoms with Gasteiger partial charge in [0.2, 0.25) is 18.6 Å². The van der Waals surface area contributed by atoms with Crippen molar-refractivity contribution in [3.8, 4) is 17.2 Å². The largest absolute Gasteiger partial charge is 0.494 e. The Morgan fingerprint density at radius 1 is 1.08 bits per heavy atom. The number of para-hydroxylation sites is 1. The van der Waals surface area contributed by atoms with Crippen LogP contribution >= 0.6 is 11.8 Å². The Morgan fingerprint density at radius 2 is 1.86 bits per heavy atom. The van der Waals surface area contributed by atoms with Crippen molar-refractivity contribution >= 4 is 40.1 Å². The molecule has 0 spiro atoms. The van der Waals surface area contributed by atoms with Crippen molar-refractivity contribution in [2.24, 2.45) is 4.99 Å². The highest BCUT2D eigenvalue weighted by molar-refractivity contribution is 8.15. The molecule has 9 heteroatoms. The second-order valence-corrected chi connectivity index (χ2v) is 9.74. The first-order valence-electron chi connectivity index (χ1n) is 12.1. The summed E-state index contributed by atoms with van der Waals surface area (Å²) in [5.41, 5.74) is 2.23. The Morgan fingerprint density at radius 3 is 2.65 bits per heavy atom. The van der Waals surface area contributed by atoms with Crippen LogP contribution in [0.4, 0.5) is 11.4 Å². The Labute approximate surface area is 219 Å². The number of benzene rings is 3. The molecule has 2 amide bonds. The van der Waals surface area contributed by atoms with Gasteiger partial charge in [-0.3, -0.25) is 14.5 Å². The summed E-state index contributed by atoms with van der Waals surface area (Å²) in [6.07, 6.45) is 0.983. The number of amides is 2. The van der Waals surface area contributed by atoms with Crippen LogP contribution < -0.4 is 19.5 Å². The van der Waals surface area contributed by atoms with Crippen LogP contribution in [0, 0.1) is 0 Å². The van der Waals surface area contributed by atoms with E-state index in [0.29, 0.717) is 41.2 Å². The number of aliphatic imine (C=N–C) groups is 1. The third-order valence-electron chi connectivity index (χ3n) is 5.79. The minimum absolute atomic E-state index is 0.0621. The highest BCUT2D eigenvalue weighted by atomic mass is 32.2. The van der Waals surface area contributed by atoms with E-state index in [4.69, 9.17) is 19.2 Å². The van der Waals surface area contributed by atoms with Gasteiger partial charge in [-0.1, -0.05) is 43.0 Å². The zero-order valence-corrected chi connectivity index (χ0v) is 21.2. The van der Waals surface area contributed by atoms with Gasteiger partial charge in [-0.2, -0.15) is 0 Å². The first-order chi connectivity index (χ1) is 18.1. The minimum atomic E-state index is -0.612. The topological polar surface area (TPSA) is 89.5 Å². The second kappa shape index (κ2) is 11.4. The van der Waals surface area contributed by atoms with Gasteiger partial charge >= 0.3 is 0 Å². The molecule has 2 heterocycles. The summed E-state index contributed by atoms with van der Waals surface area (Å²) in [7, 11) is 0. The second-order valence-electron chi connectivity index (χ2n) is 8.57. The summed E-state index contributed by atoms with van der Waals surface area (Å²) in [6, 6.07) is 22.2. The lowest BCUT2D eigenvalue weighted by atomic mass is 10.1. The van der Waals surface area contributed by atoms with E-state index < -0.39 is 5.25 Å². The normalized spacial score (nSPS) is 17.6. The molecule has 5 rings (SSSR count). The number of ether oxygens (including phenoxy) is 3. The fourth-order valence-corrected chi connectivity index (χ4v) is 5.01. The van der Waals surface area contributed by atoms with Gasteiger partial charge in [0.1, 0.15) is 11.0 Å². The zero-order chi connectivity index (χ0) is 25.6. The van der Waals surface area contributed by atoms with E-state index in [1.165, 1.54) is 11.8 Å². The number of carbonyl (C=O) groups excluding carboxylic acids is 2. The summed E-state index contributed by atoms with van der Waals surface area (Å²) in [5.74, 6) is 1.67. The Bertz CT molecular complexity index is 1300. The summed E-state index contributed by atoms with van der Waals surface area (Å²) in [5, 5.41) is 2.78. The van der Waals surface area contributed by atoms with E-state index in [9.17, 15) is 9.59 Å². The number of hydrogen-bond acceptors (Lipinski definition) is 7. The molecule has 1 saturated heterocycles. The van der Waals surface area contributed by atoms with E-state index in [1.807, 2.05) is 67.6 Å². The van der Waals surface area contributed by atoms with E-state index in [1.54, 1.807) is 17.0 Å². The number of thioether (sulfide) groups is 1. The number of hydrogen-bond donors (Lipinski definition) is 1. The molecular weight excluding hydrogens is 490 g/mol. The molecule has 0 bridgehead atoms. The SMILES string of the molecule is CCCOc1ccc(NC(=O)C2CC(=O)N(Cc3ccc4c(c3)OCO4)C(=Nc3ccccc3)S2)cc1. The summed E-state index contributed by atoms with van der Waals surface area (Å²) in [4.78, 5) is 32.8. The van der Waals surface area contributed by atoms with Crippen molar-refractivity contribution in [3.63, 3.8) is 0 Å². The Kier molecular flexibility index (Phi) is 7.60. The van der Waals surface area contributed by atoms with Gasteiger partial charge in [0.25, 0.3) is 0 Å². The molecular formula is C28H27N3O5S. The lowest BCUT2D eigenvalue weighted by molar-refractivity contribution is -0.129. The van der Waals surface area contributed by atoms with Gasteiger partial charge in [-0.05, 0) is 60.5 Å². The molecule has 0 aliphatic carbocycles. The van der Waals surface area contributed by atoms with Crippen molar-refractivity contribution in [3.05, 3.63) is 78.4 Å². The van der Waals surface area contributed by atoms with E-state index in [0.717, 1.165) is 17.7 Å². The lowest BCUT2D eigenvalue weighted by Crippen LogP contribution is -2.44. The van der Waals surface area contributed by atoms with Crippen LogP contribution in [0.2, 0.25) is 0 Å². The summed E-state index contributed by atoms with van der Waals surface area (Å²) >= 11 is 1.29. The van der Waals surface area contributed by atoms with Gasteiger partial charge in [-0.25, -0.2) is 4.99 Å². The van der Waals surface area contributed by atoms with Crippen molar-refractivity contribution in [2.75, 3.05) is 18.7 Å². The highest BCUT2D eigenvalue weighted by Crippen LogP contribution is 2.35. The monoisotopic (exact) mass is 517 g/mol. The molecule has 2 aliphatic rings. The third kappa shape index (κ3) is 6.06. The average Bonchev–Trinajstić information content (AvgIpc) is 3.38. The van der Waals surface area contributed by atoms with Crippen molar-refractivity contribution < 1.29 is 23.8 Å². The molecule has 1 unspecified atom stereocenters. The van der Waals surface area contributed by atoms with Crippen molar-refractivity contribution in [2.45, 2.75) is 31.6 Å². The van der Waals surface area contributed by atoms with Crippen LogP contribution in [0.15, 0.2) is 77.8 Å². The molecule has 1 N–H and O–H groups in total. The lowest BCUT2D eigenvalue weighted by Gasteiger charge is -2.32. The fourth-order valence-electron chi connectivity index (χ4n) is 3.91. The maximum absolute atomic E-state index is 13.3. The van der Waals surface area contributed by atoms with Gasteiger partial charge in [0.15, 0.2) is 16.7 Å². The number of rotatable bonds is 8. The van der Waals surface area contributed by atoms with Crippen LogP contribution in [-0.2, 0) is 16.1 Å². The van der Waals surface area contributed by atoms with Gasteiger partial charge in [0, 0.05) is 12.1 Å². The molecule has 0 aromatic heterocycles. The first kappa shape index (κ1) is 24.7. The van der Waals surface area contributed by atoms with Gasteiger partial charge in [-0.15, -0.1) is 0 Å². The zero-order valence-electron chi connectivity index (χ0n) is 20.4. The number of carbonyl (C=O) groups is 2.